The number of hydrogen-bond donors (Lipinski definition) is 2. The topological polar surface area (TPSA) is 78.5 Å². The molecule has 4 amide bonds. The van der Waals surface area contributed by atoms with Gasteiger partial charge >= 0.3 is 6.03 Å². The van der Waals surface area contributed by atoms with E-state index in [1.165, 1.54) is 12.1 Å². The van der Waals surface area contributed by atoms with Crippen LogP contribution in [0.25, 0.3) is 0 Å². The van der Waals surface area contributed by atoms with Crippen LogP contribution in [0.3, 0.4) is 0 Å². The molecular formula is C18H22FN3O3. The summed E-state index contributed by atoms with van der Waals surface area (Å²) in [5.41, 5.74) is -0.114. The zero-order valence-corrected chi connectivity index (χ0v) is 14.2. The SMILES string of the molecule is CC1CCCCC12NC(=O)N(CC(=O)NCc1ccc(F)cc1)C2=O. The highest BCUT2D eigenvalue weighted by molar-refractivity contribution is 6.09. The van der Waals surface area contributed by atoms with Gasteiger partial charge in [0.15, 0.2) is 0 Å². The van der Waals surface area contributed by atoms with Gasteiger partial charge in [0.05, 0.1) is 0 Å². The standard InChI is InChI=1S/C18H22FN3O3/c1-12-4-2-3-9-18(12)16(24)22(17(25)21-18)11-15(23)20-10-13-5-7-14(19)8-6-13/h5-8,12H,2-4,9-11H2,1H3,(H,20,23)(H,21,25). The molecule has 134 valence electrons. The van der Waals surface area contributed by atoms with Gasteiger partial charge in [-0.2, -0.15) is 0 Å². The number of carbonyl (C=O) groups is 3. The Labute approximate surface area is 145 Å². The molecule has 2 atom stereocenters. The van der Waals surface area contributed by atoms with Gasteiger partial charge in [-0.15, -0.1) is 0 Å². The molecule has 1 aromatic rings. The van der Waals surface area contributed by atoms with Gasteiger partial charge in [0.2, 0.25) is 5.91 Å². The van der Waals surface area contributed by atoms with E-state index in [0.717, 1.165) is 29.7 Å². The molecule has 6 nitrogen and oxygen atoms in total. The summed E-state index contributed by atoms with van der Waals surface area (Å²) in [5, 5.41) is 5.47. The third-order valence-corrected chi connectivity index (χ3v) is 5.21. The summed E-state index contributed by atoms with van der Waals surface area (Å²) < 4.78 is 12.9. The van der Waals surface area contributed by atoms with E-state index in [1.54, 1.807) is 12.1 Å². The number of halogens is 1. The van der Waals surface area contributed by atoms with Crippen LogP contribution in [0.1, 0.15) is 38.2 Å². The van der Waals surface area contributed by atoms with Gasteiger partial charge in [-0.25, -0.2) is 9.18 Å². The maximum Gasteiger partial charge on any atom is 0.325 e. The van der Waals surface area contributed by atoms with Crippen LogP contribution in [0.15, 0.2) is 24.3 Å². The first-order valence-electron chi connectivity index (χ1n) is 8.57. The van der Waals surface area contributed by atoms with Crippen molar-refractivity contribution < 1.29 is 18.8 Å². The van der Waals surface area contributed by atoms with Crippen molar-refractivity contribution >= 4 is 17.8 Å². The Hall–Kier alpha value is -2.44. The van der Waals surface area contributed by atoms with Crippen LogP contribution in [0.2, 0.25) is 0 Å². The average molecular weight is 347 g/mol. The number of benzene rings is 1. The Balaban J connectivity index is 1.60. The summed E-state index contributed by atoms with van der Waals surface area (Å²) >= 11 is 0. The molecule has 1 spiro atoms. The molecule has 2 aliphatic rings. The molecule has 2 unspecified atom stereocenters. The van der Waals surface area contributed by atoms with Crippen molar-refractivity contribution in [2.75, 3.05) is 6.54 Å². The van der Waals surface area contributed by atoms with E-state index in [9.17, 15) is 18.8 Å². The third-order valence-electron chi connectivity index (χ3n) is 5.21. The highest BCUT2D eigenvalue weighted by atomic mass is 19.1. The fourth-order valence-corrected chi connectivity index (χ4v) is 3.64. The highest BCUT2D eigenvalue weighted by Crippen LogP contribution is 2.38. The Bertz CT molecular complexity index is 691. The fraction of sp³-hybridized carbons (Fsp3) is 0.500. The second-order valence-corrected chi connectivity index (χ2v) is 6.84. The molecule has 2 N–H and O–H groups in total. The van der Waals surface area contributed by atoms with E-state index in [0.29, 0.717) is 6.42 Å². The predicted octanol–water partition coefficient (Wildman–Crippen LogP) is 1.94. The third kappa shape index (κ3) is 3.36. The lowest BCUT2D eigenvalue weighted by Crippen LogP contribution is -2.54. The molecule has 0 radical (unpaired) electrons. The summed E-state index contributed by atoms with van der Waals surface area (Å²) in [5.74, 6) is -1.01. The number of imide groups is 1. The summed E-state index contributed by atoms with van der Waals surface area (Å²) in [4.78, 5) is 38.1. The Morgan fingerprint density at radius 1 is 1.32 bits per heavy atom. The van der Waals surface area contributed by atoms with Crippen LogP contribution in [-0.4, -0.2) is 34.8 Å². The zero-order chi connectivity index (χ0) is 18.0. The van der Waals surface area contributed by atoms with Gasteiger partial charge < -0.3 is 10.6 Å². The maximum atomic E-state index is 12.9. The molecular weight excluding hydrogens is 325 g/mol. The van der Waals surface area contributed by atoms with Crippen molar-refractivity contribution in [2.45, 2.75) is 44.7 Å². The van der Waals surface area contributed by atoms with Crippen molar-refractivity contribution in [3.63, 3.8) is 0 Å². The van der Waals surface area contributed by atoms with Crippen LogP contribution in [0, 0.1) is 11.7 Å². The number of hydrogen-bond acceptors (Lipinski definition) is 3. The summed E-state index contributed by atoms with van der Waals surface area (Å²) in [6.45, 7) is 1.88. The molecule has 1 heterocycles. The van der Waals surface area contributed by atoms with Gasteiger partial charge in [0.1, 0.15) is 17.9 Å². The van der Waals surface area contributed by atoms with Gasteiger partial charge in [-0.1, -0.05) is 31.9 Å². The van der Waals surface area contributed by atoms with Crippen molar-refractivity contribution in [1.82, 2.24) is 15.5 Å². The quantitative estimate of drug-likeness (QED) is 0.817. The Kier molecular flexibility index (Phi) is 4.74. The average Bonchev–Trinajstić information content (AvgIpc) is 2.82. The minimum atomic E-state index is -0.855. The predicted molar refractivity (Wildman–Crippen MR) is 88.9 cm³/mol. The van der Waals surface area contributed by atoms with Gasteiger partial charge in [-0.3, -0.25) is 14.5 Å². The van der Waals surface area contributed by atoms with Crippen LogP contribution >= 0.6 is 0 Å². The molecule has 25 heavy (non-hydrogen) atoms. The minimum absolute atomic E-state index is 0.0602. The van der Waals surface area contributed by atoms with Crippen molar-refractivity contribution in [1.29, 1.82) is 0 Å². The summed E-state index contributed by atoms with van der Waals surface area (Å²) in [6, 6.07) is 5.26. The van der Waals surface area contributed by atoms with Gasteiger partial charge in [0, 0.05) is 6.54 Å². The van der Waals surface area contributed by atoms with Gasteiger partial charge in [-0.05, 0) is 36.5 Å². The minimum Gasteiger partial charge on any atom is -0.350 e. The fourth-order valence-electron chi connectivity index (χ4n) is 3.64. The van der Waals surface area contributed by atoms with E-state index in [2.05, 4.69) is 10.6 Å². The smallest absolute Gasteiger partial charge is 0.325 e. The van der Waals surface area contributed by atoms with E-state index >= 15 is 0 Å². The van der Waals surface area contributed by atoms with E-state index in [4.69, 9.17) is 0 Å². The lowest BCUT2D eigenvalue weighted by atomic mass is 9.73. The zero-order valence-electron chi connectivity index (χ0n) is 14.2. The molecule has 1 saturated carbocycles. The molecule has 1 aliphatic heterocycles. The number of amides is 4. The van der Waals surface area contributed by atoms with Crippen LogP contribution in [-0.2, 0) is 16.1 Å². The number of carbonyl (C=O) groups excluding carboxylic acids is 3. The van der Waals surface area contributed by atoms with Crippen LogP contribution < -0.4 is 10.6 Å². The molecule has 1 aliphatic carbocycles. The van der Waals surface area contributed by atoms with Crippen LogP contribution in [0.5, 0.6) is 0 Å². The summed E-state index contributed by atoms with van der Waals surface area (Å²) in [6.07, 6.45) is 3.44. The van der Waals surface area contributed by atoms with E-state index in [-0.39, 0.29) is 30.7 Å². The molecule has 0 bridgehead atoms. The number of rotatable bonds is 4. The maximum absolute atomic E-state index is 12.9. The van der Waals surface area contributed by atoms with Crippen LogP contribution in [0.4, 0.5) is 9.18 Å². The van der Waals surface area contributed by atoms with E-state index < -0.39 is 17.5 Å². The first kappa shape index (κ1) is 17.4. The first-order chi connectivity index (χ1) is 11.9. The monoisotopic (exact) mass is 347 g/mol. The van der Waals surface area contributed by atoms with Crippen molar-refractivity contribution in [3.05, 3.63) is 35.6 Å². The largest absolute Gasteiger partial charge is 0.350 e. The molecule has 0 aromatic heterocycles. The normalized spacial score (nSPS) is 26.0. The summed E-state index contributed by atoms with van der Waals surface area (Å²) in [7, 11) is 0. The molecule has 1 aromatic carbocycles. The Morgan fingerprint density at radius 3 is 2.72 bits per heavy atom. The Morgan fingerprint density at radius 2 is 2.04 bits per heavy atom. The second kappa shape index (κ2) is 6.82. The number of urea groups is 1. The number of nitrogens with zero attached hydrogens (tertiary/aromatic N) is 1. The highest BCUT2D eigenvalue weighted by Gasteiger charge is 2.55. The van der Waals surface area contributed by atoms with Gasteiger partial charge in [0.25, 0.3) is 5.91 Å². The molecule has 3 rings (SSSR count). The second-order valence-electron chi connectivity index (χ2n) is 6.84. The molecule has 1 saturated heterocycles. The lowest BCUT2D eigenvalue weighted by Gasteiger charge is -2.36. The molecule has 2 fully saturated rings. The number of nitrogens with one attached hydrogen (secondary N) is 2. The molecule has 7 heteroatoms. The van der Waals surface area contributed by atoms with E-state index in [1.807, 2.05) is 6.92 Å². The van der Waals surface area contributed by atoms with Crippen molar-refractivity contribution in [2.24, 2.45) is 5.92 Å². The lowest BCUT2D eigenvalue weighted by molar-refractivity contribution is -0.137. The first-order valence-corrected chi connectivity index (χ1v) is 8.57. The van der Waals surface area contributed by atoms with Crippen molar-refractivity contribution in [3.8, 4) is 0 Å².